The van der Waals surface area contributed by atoms with Gasteiger partial charge in [-0.2, -0.15) is 18.3 Å². The van der Waals surface area contributed by atoms with Crippen molar-refractivity contribution in [2.24, 2.45) is 0 Å². The SMILES string of the molecule is Cc1cc(C(F)(F)F)n2ncc(C(=O)NC(C)(C)CN3CCCC3)c2n1. The highest BCUT2D eigenvalue weighted by Gasteiger charge is 2.36. The van der Waals surface area contributed by atoms with Crippen molar-refractivity contribution < 1.29 is 18.0 Å². The van der Waals surface area contributed by atoms with Gasteiger partial charge in [-0.1, -0.05) is 0 Å². The van der Waals surface area contributed by atoms with E-state index in [1.165, 1.54) is 6.92 Å². The number of alkyl halides is 3. The van der Waals surface area contributed by atoms with E-state index >= 15 is 0 Å². The van der Waals surface area contributed by atoms with Gasteiger partial charge in [0.1, 0.15) is 11.3 Å². The molecule has 1 aliphatic heterocycles. The van der Waals surface area contributed by atoms with Crippen LogP contribution in [0.15, 0.2) is 12.3 Å². The number of nitrogens with one attached hydrogen (secondary N) is 1. The molecule has 1 fully saturated rings. The molecule has 6 nitrogen and oxygen atoms in total. The number of halogens is 3. The lowest BCUT2D eigenvalue weighted by Crippen LogP contribution is -2.51. The van der Waals surface area contributed by atoms with Crippen molar-refractivity contribution in [1.29, 1.82) is 0 Å². The van der Waals surface area contributed by atoms with Gasteiger partial charge >= 0.3 is 6.18 Å². The molecule has 0 aromatic carbocycles. The third-order valence-electron chi connectivity index (χ3n) is 4.40. The molecule has 2 aromatic rings. The third-order valence-corrected chi connectivity index (χ3v) is 4.40. The van der Waals surface area contributed by atoms with E-state index in [1.54, 1.807) is 0 Å². The van der Waals surface area contributed by atoms with E-state index in [9.17, 15) is 18.0 Å². The van der Waals surface area contributed by atoms with Crippen LogP contribution in [0.5, 0.6) is 0 Å². The Morgan fingerprint density at radius 2 is 1.92 bits per heavy atom. The lowest BCUT2D eigenvalue weighted by Gasteiger charge is -2.31. The van der Waals surface area contributed by atoms with E-state index in [1.807, 2.05) is 13.8 Å². The fourth-order valence-corrected chi connectivity index (χ4v) is 3.36. The molecule has 0 atom stereocenters. The summed E-state index contributed by atoms with van der Waals surface area (Å²) in [5.74, 6) is -0.476. The maximum absolute atomic E-state index is 13.2. The van der Waals surface area contributed by atoms with Crippen molar-refractivity contribution in [2.45, 2.75) is 45.3 Å². The van der Waals surface area contributed by atoms with Crippen LogP contribution in [0, 0.1) is 6.92 Å². The van der Waals surface area contributed by atoms with Crippen molar-refractivity contribution in [2.75, 3.05) is 19.6 Å². The van der Waals surface area contributed by atoms with Crippen LogP contribution < -0.4 is 5.32 Å². The molecule has 0 bridgehead atoms. The minimum Gasteiger partial charge on any atom is -0.346 e. The van der Waals surface area contributed by atoms with Gasteiger partial charge in [-0.25, -0.2) is 9.50 Å². The maximum atomic E-state index is 13.2. The molecular weight excluding hydrogens is 347 g/mol. The zero-order valence-corrected chi connectivity index (χ0v) is 15.0. The molecule has 0 radical (unpaired) electrons. The zero-order chi connectivity index (χ0) is 19.1. The molecule has 9 heteroatoms. The van der Waals surface area contributed by atoms with Gasteiger partial charge in [0.25, 0.3) is 5.91 Å². The van der Waals surface area contributed by atoms with Crippen molar-refractivity contribution >= 4 is 11.6 Å². The van der Waals surface area contributed by atoms with Crippen LogP contribution in [0.1, 0.15) is 48.4 Å². The van der Waals surface area contributed by atoms with Crippen molar-refractivity contribution in [3.8, 4) is 0 Å². The quantitative estimate of drug-likeness (QED) is 0.900. The van der Waals surface area contributed by atoms with Gasteiger partial charge in [-0.05, 0) is 52.8 Å². The van der Waals surface area contributed by atoms with Crippen molar-refractivity contribution in [3.63, 3.8) is 0 Å². The van der Waals surface area contributed by atoms with E-state index < -0.39 is 23.3 Å². The topological polar surface area (TPSA) is 62.5 Å². The van der Waals surface area contributed by atoms with Crippen molar-refractivity contribution in [3.05, 3.63) is 29.2 Å². The number of fused-ring (bicyclic) bond motifs is 1. The Bertz CT molecular complexity index is 822. The molecule has 2 aromatic heterocycles. The fourth-order valence-electron chi connectivity index (χ4n) is 3.36. The molecule has 142 valence electrons. The standard InChI is InChI=1S/C17H22F3N5O/c1-11-8-13(17(18,19)20)25-14(22-11)12(9-21-25)15(26)23-16(2,3)10-24-6-4-5-7-24/h8-9H,4-7,10H2,1-3H3,(H,23,26). The van der Waals surface area contributed by atoms with Crippen LogP contribution in [-0.2, 0) is 6.18 Å². The number of likely N-dealkylation sites (tertiary alicyclic amines) is 1. The summed E-state index contributed by atoms with van der Waals surface area (Å²) in [6.07, 6.45) is -1.16. The molecule has 1 saturated heterocycles. The number of aromatic nitrogens is 3. The predicted molar refractivity (Wildman–Crippen MR) is 89.9 cm³/mol. The monoisotopic (exact) mass is 369 g/mol. The number of nitrogens with zero attached hydrogens (tertiary/aromatic N) is 4. The normalized spacial score (nSPS) is 16.4. The first kappa shape index (κ1) is 18.6. The number of rotatable bonds is 4. The van der Waals surface area contributed by atoms with E-state index in [0.29, 0.717) is 11.1 Å². The molecule has 26 heavy (non-hydrogen) atoms. The molecule has 3 heterocycles. The highest BCUT2D eigenvalue weighted by molar-refractivity contribution is 6.00. The summed E-state index contributed by atoms with van der Waals surface area (Å²) in [5, 5.41) is 6.64. The Labute approximate surface area is 149 Å². The van der Waals surface area contributed by atoms with Gasteiger partial charge in [0.2, 0.25) is 0 Å². The first-order chi connectivity index (χ1) is 12.1. The zero-order valence-electron chi connectivity index (χ0n) is 15.0. The van der Waals surface area contributed by atoms with E-state index in [2.05, 4.69) is 20.3 Å². The molecule has 0 aliphatic carbocycles. The van der Waals surface area contributed by atoms with E-state index in [4.69, 9.17) is 0 Å². The van der Waals surface area contributed by atoms with Crippen molar-refractivity contribution in [1.82, 2.24) is 24.8 Å². The highest BCUT2D eigenvalue weighted by atomic mass is 19.4. The Kier molecular flexibility index (Phi) is 4.68. The summed E-state index contributed by atoms with van der Waals surface area (Å²) < 4.78 is 40.3. The molecule has 1 N–H and O–H groups in total. The van der Waals surface area contributed by atoms with E-state index in [0.717, 1.165) is 38.2 Å². The maximum Gasteiger partial charge on any atom is 0.433 e. The Hall–Kier alpha value is -2.16. The molecule has 0 unspecified atom stereocenters. The number of carbonyl (C=O) groups excluding carboxylic acids is 1. The fraction of sp³-hybridized carbons (Fsp3) is 0.588. The smallest absolute Gasteiger partial charge is 0.346 e. The minimum absolute atomic E-state index is 0.0358. The summed E-state index contributed by atoms with van der Waals surface area (Å²) in [4.78, 5) is 19.0. The lowest BCUT2D eigenvalue weighted by molar-refractivity contribution is -0.142. The van der Waals surface area contributed by atoms with Gasteiger partial charge in [0.15, 0.2) is 5.65 Å². The Balaban J connectivity index is 1.88. The number of hydrogen-bond acceptors (Lipinski definition) is 4. The average Bonchev–Trinajstić information content (AvgIpc) is 3.13. The number of hydrogen-bond donors (Lipinski definition) is 1. The van der Waals surface area contributed by atoms with E-state index in [-0.39, 0.29) is 16.9 Å². The van der Waals surface area contributed by atoms with Gasteiger partial charge in [-0.15, -0.1) is 0 Å². The third kappa shape index (κ3) is 3.82. The van der Waals surface area contributed by atoms with Gasteiger partial charge < -0.3 is 10.2 Å². The second kappa shape index (κ2) is 6.53. The molecule has 1 amide bonds. The molecule has 1 aliphatic rings. The second-order valence-electron chi connectivity index (χ2n) is 7.40. The van der Waals surface area contributed by atoms with Gasteiger partial charge in [0.05, 0.1) is 6.20 Å². The highest BCUT2D eigenvalue weighted by Crippen LogP contribution is 2.30. The van der Waals surface area contributed by atoms with Gasteiger partial charge in [0, 0.05) is 17.8 Å². The summed E-state index contributed by atoms with van der Waals surface area (Å²) >= 11 is 0. The largest absolute Gasteiger partial charge is 0.433 e. The van der Waals surface area contributed by atoms with Gasteiger partial charge in [-0.3, -0.25) is 4.79 Å². The predicted octanol–water partition coefficient (Wildman–Crippen LogP) is 2.66. The Morgan fingerprint density at radius 1 is 1.27 bits per heavy atom. The van der Waals surface area contributed by atoms with Crippen LogP contribution in [0.25, 0.3) is 5.65 Å². The minimum atomic E-state index is -4.58. The lowest BCUT2D eigenvalue weighted by atomic mass is 10.0. The van der Waals surface area contributed by atoms with Crippen LogP contribution in [-0.4, -0.2) is 50.6 Å². The summed E-state index contributed by atoms with van der Waals surface area (Å²) in [6.45, 7) is 7.92. The molecular formula is C17H22F3N5O. The molecule has 3 rings (SSSR count). The summed E-state index contributed by atoms with van der Waals surface area (Å²) in [6, 6.07) is 0.916. The Morgan fingerprint density at radius 3 is 2.54 bits per heavy atom. The first-order valence-corrected chi connectivity index (χ1v) is 8.54. The number of amides is 1. The van der Waals surface area contributed by atoms with Crippen LogP contribution in [0.3, 0.4) is 0 Å². The van der Waals surface area contributed by atoms with Crippen LogP contribution >= 0.6 is 0 Å². The first-order valence-electron chi connectivity index (χ1n) is 8.54. The molecule has 0 saturated carbocycles. The number of carbonyl (C=O) groups is 1. The number of aryl methyl sites for hydroxylation is 1. The summed E-state index contributed by atoms with van der Waals surface area (Å²) in [5.41, 5.74) is -1.35. The second-order valence-corrected chi connectivity index (χ2v) is 7.40. The molecule has 0 spiro atoms. The van der Waals surface area contributed by atoms with Crippen LogP contribution in [0.2, 0.25) is 0 Å². The van der Waals surface area contributed by atoms with Crippen LogP contribution in [0.4, 0.5) is 13.2 Å². The summed E-state index contributed by atoms with van der Waals surface area (Å²) in [7, 11) is 0. The average molecular weight is 369 g/mol.